The summed E-state index contributed by atoms with van der Waals surface area (Å²) in [5.41, 5.74) is 0.727. The number of fused-ring (bicyclic) bond motifs is 1. The van der Waals surface area contributed by atoms with E-state index in [1.165, 1.54) is 30.5 Å². The molecule has 2 aromatic heterocycles. The Hall–Kier alpha value is -3.76. The number of hydrogen-bond donors (Lipinski definition) is 1. The lowest BCUT2D eigenvalue weighted by Gasteiger charge is -2.39. The molecular formula is C28H25F2N3O4S. The van der Waals surface area contributed by atoms with Crippen LogP contribution in [0.25, 0.3) is 10.9 Å². The number of aliphatic hydroxyl groups is 1. The highest BCUT2D eigenvalue weighted by Gasteiger charge is 2.37. The van der Waals surface area contributed by atoms with Gasteiger partial charge in [-0.3, -0.25) is 9.78 Å². The predicted molar refractivity (Wildman–Crippen MR) is 137 cm³/mol. The summed E-state index contributed by atoms with van der Waals surface area (Å²) >= 11 is 0. The van der Waals surface area contributed by atoms with E-state index in [4.69, 9.17) is 0 Å². The Morgan fingerprint density at radius 3 is 2.42 bits per heavy atom. The predicted octanol–water partition coefficient (Wildman–Crippen LogP) is 4.31. The number of nitrogens with zero attached hydrogens (tertiary/aromatic N) is 3. The van der Waals surface area contributed by atoms with Gasteiger partial charge in [0.05, 0.1) is 21.8 Å². The number of sulfone groups is 1. The summed E-state index contributed by atoms with van der Waals surface area (Å²) in [6.07, 6.45) is 1.98. The van der Waals surface area contributed by atoms with E-state index in [0.29, 0.717) is 35.5 Å². The highest BCUT2D eigenvalue weighted by molar-refractivity contribution is 7.90. The van der Waals surface area contributed by atoms with Crippen LogP contribution in [0.5, 0.6) is 0 Å². The van der Waals surface area contributed by atoms with E-state index in [1.54, 1.807) is 42.2 Å². The molecule has 0 atom stereocenters. The van der Waals surface area contributed by atoms with E-state index in [-0.39, 0.29) is 40.3 Å². The number of pyridine rings is 2. The number of aryl methyl sites for hydroxylation is 1. The van der Waals surface area contributed by atoms with E-state index in [1.807, 2.05) is 0 Å². The third kappa shape index (κ3) is 4.89. The minimum atomic E-state index is -3.84. The van der Waals surface area contributed by atoms with E-state index in [9.17, 15) is 27.1 Å². The lowest BCUT2D eigenvalue weighted by atomic mass is 9.83. The van der Waals surface area contributed by atoms with Crippen molar-refractivity contribution in [3.63, 3.8) is 0 Å². The van der Waals surface area contributed by atoms with Crippen LogP contribution in [0.4, 0.5) is 8.78 Å². The zero-order valence-electron chi connectivity index (χ0n) is 20.6. The van der Waals surface area contributed by atoms with Crippen LogP contribution in [0, 0.1) is 18.7 Å². The van der Waals surface area contributed by atoms with E-state index in [2.05, 4.69) is 9.97 Å². The number of hydrogen-bond acceptors (Lipinski definition) is 6. The molecule has 0 aliphatic carbocycles. The Morgan fingerprint density at radius 2 is 1.74 bits per heavy atom. The van der Waals surface area contributed by atoms with E-state index in [0.717, 1.165) is 6.07 Å². The first-order valence-electron chi connectivity index (χ1n) is 12.1. The zero-order chi connectivity index (χ0) is 27.1. The van der Waals surface area contributed by atoms with Crippen molar-refractivity contribution in [2.75, 3.05) is 13.1 Å². The first-order chi connectivity index (χ1) is 18.1. The Labute approximate surface area is 218 Å². The number of benzene rings is 2. The summed E-state index contributed by atoms with van der Waals surface area (Å²) in [5.74, 6) is -1.72. The molecule has 0 radical (unpaired) electrons. The van der Waals surface area contributed by atoms with Crippen LogP contribution < -0.4 is 0 Å². The van der Waals surface area contributed by atoms with Crippen molar-refractivity contribution in [2.45, 2.75) is 36.0 Å². The number of halogens is 2. The molecule has 1 aliphatic heterocycles. The summed E-state index contributed by atoms with van der Waals surface area (Å²) in [6.45, 7) is 2.24. The maximum Gasteiger partial charge on any atom is 0.253 e. The second kappa shape index (κ2) is 9.85. The monoisotopic (exact) mass is 537 g/mol. The van der Waals surface area contributed by atoms with Crippen molar-refractivity contribution in [1.82, 2.24) is 14.9 Å². The Bertz CT molecular complexity index is 1630. The van der Waals surface area contributed by atoms with Gasteiger partial charge in [0.2, 0.25) is 5.95 Å². The van der Waals surface area contributed by atoms with Crippen molar-refractivity contribution in [2.24, 2.45) is 0 Å². The summed E-state index contributed by atoms with van der Waals surface area (Å²) in [5, 5.41) is 11.3. The molecule has 0 unspecified atom stereocenters. The fraction of sp³-hybridized carbons (Fsp3) is 0.250. The van der Waals surface area contributed by atoms with Crippen LogP contribution >= 0.6 is 0 Å². The average Bonchev–Trinajstić information content (AvgIpc) is 2.89. The molecule has 1 amide bonds. The second-order valence-electron chi connectivity index (χ2n) is 9.49. The summed E-state index contributed by atoms with van der Waals surface area (Å²) < 4.78 is 53.8. The molecule has 38 heavy (non-hydrogen) atoms. The normalized spacial score (nSPS) is 15.5. The van der Waals surface area contributed by atoms with Crippen LogP contribution in [0.15, 0.2) is 71.8 Å². The van der Waals surface area contributed by atoms with Crippen molar-refractivity contribution in [1.29, 1.82) is 0 Å². The van der Waals surface area contributed by atoms with Crippen molar-refractivity contribution < 1.29 is 27.1 Å². The van der Waals surface area contributed by atoms with Gasteiger partial charge in [-0.2, -0.15) is 4.39 Å². The maximum atomic E-state index is 14.1. The minimum Gasteiger partial charge on any atom is -0.385 e. The molecule has 10 heteroatoms. The minimum absolute atomic E-state index is 0.0537. The molecule has 1 aliphatic rings. The van der Waals surface area contributed by atoms with E-state index >= 15 is 0 Å². The van der Waals surface area contributed by atoms with Crippen LogP contribution in [0.1, 0.15) is 40.0 Å². The molecule has 2 aromatic carbocycles. The molecule has 0 bridgehead atoms. The van der Waals surface area contributed by atoms with Gasteiger partial charge < -0.3 is 10.0 Å². The second-order valence-corrected chi connectivity index (χ2v) is 11.4. The first-order valence-corrected chi connectivity index (χ1v) is 13.7. The van der Waals surface area contributed by atoms with Gasteiger partial charge in [-0.1, -0.05) is 12.1 Å². The van der Waals surface area contributed by atoms with Crippen LogP contribution in [0.2, 0.25) is 0 Å². The van der Waals surface area contributed by atoms with Crippen LogP contribution in [-0.4, -0.2) is 47.4 Å². The highest BCUT2D eigenvalue weighted by Crippen LogP contribution is 2.35. The molecular weight excluding hydrogens is 512 g/mol. The number of carbonyl (C=O) groups is 1. The summed E-state index contributed by atoms with van der Waals surface area (Å²) in [6, 6.07) is 14.4. The Kier molecular flexibility index (Phi) is 6.70. The topological polar surface area (TPSA) is 100 Å². The third-order valence-corrected chi connectivity index (χ3v) is 8.72. The van der Waals surface area contributed by atoms with E-state index < -0.39 is 27.2 Å². The quantitative estimate of drug-likeness (QED) is 0.301. The molecule has 0 spiro atoms. The fourth-order valence-electron chi connectivity index (χ4n) is 4.96. The van der Waals surface area contributed by atoms with Gasteiger partial charge >= 0.3 is 0 Å². The Balaban J connectivity index is 1.28. The smallest absolute Gasteiger partial charge is 0.253 e. The van der Waals surface area contributed by atoms with Crippen molar-refractivity contribution in [3.8, 4) is 0 Å². The number of piperidine rings is 1. The van der Waals surface area contributed by atoms with Crippen molar-refractivity contribution >= 4 is 26.6 Å². The maximum absolute atomic E-state index is 14.1. The SMILES string of the molecule is Cc1nc(F)ccc1C1(O)CCN(C(=O)c2ccc(CS(=O)(=O)c3ccc(F)c4cccnc34)cc2)CC1. The number of carbonyl (C=O) groups excluding carboxylic acids is 1. The Morgan fingerprint density at radius 1 is 1.03 bits per heavy atom. The largest absolute Gasteiger partial charge is 0.385 e. The molecule has 7 nitrogen and oxygen atoms in total. The number of likely N-dealkylation sites (tertiary alicyclic amines) is 1. The van der Waals surface area contributed by atoms with Gasteiger partial charge in [0.25, 0.3) is 5.91 Å². The summed E-state index contributed by atoms with van der Waals surface area (Å²) in [4.78, 5) is 22.5. The zero-order valence-corrected chi connectivity index (χ0v) is 21.4. The molecule has 1 N–H and O–H groups in total. The molecule has 196 valence electrons. The lowest BCUT2D eigenvalue weighted by Crippen LogP contribution is -2.45. The molecule has 5 rings (SSSR count). The molecule has 0 saturated carbocycles. The molecule has 3 heterocycles. The van der Waals surface area contributed by atoms with Crippen LogP contribution in [0.3, 0.4) is 0 Å². The third-order valence-electron chi connectivity index (χ3n) is 7.00. The van der Waals surface area contributed by atoms with Gasteiger partial charge in [0.1, 0.15) is 5.82 Å². The fourth-order valence-corrected chi connectivity index (χ4v) is 6.48. The van der Waals surface area contributed by atoms with Gasteiger partial charge in [-0.25, -0.2) is 17.8 Å². The van der Waals surface area contributed by atoms with Crippen LogP contribution in [-0.2, 0) is 21.2 Å². The number of amides is 1. The number of aromatic nitrogens is 2. The van der Waals surface area contributed by atoms with Gasteiger partial charge in [0.15, 0.2) is 9.84 Å². The van der Waals surface area contributed by atoms with Crippen molar-refractivity contribution in [3.05, 3.63) is 101 Å². The van der Waals surface area contributed by atoms with Gasteiger partial charge in [-0.05, 0) is 73.9 Å². The standard InChI is InChI=1S/C28H25F2N3O4S/c1-18-22(8-11-25(30)32-18)28(35)12-15-33(16-13-28)27(34)20-6-4-19(5-7-20)17-38(36,37)24-10-9-23(29)21-3-2-14-31-26(21)24/h2-11,14,35H,12-13,15-17H2,1H3. The van der Waals surface area contributed by atoms with Gasteiger partial charge in [0, 0.05) is 41.5 Å². The lowest BCUT2D eigenvalue weighted by molar-refractivity contribution is -0.0219. The first kappa shape index (κ1) is 25.9. The van der Waals surface area contributed by atoms with Gasteiger partial charge in [-0.15, -0.1) is 0 Å². The molecule has 4 aromatic rings. The molecule has 1 saturated heterocycles. The highest BCUT2D eigenvalue weighted by atomic mass is 32.2. The molecule has 1 fully saturated rings. The summed E-state index contributed by atoms with van der Waals surface area (Å²) in [7, 11) is -3.84. The average molecular weight is 538 g/mol. The number of rotatable bonds is 5.